The summed E-state index contributed by atoms with van der Waals surface area (Å²) in [5.74, 6) is 0.746. The van der Waals surface area contributed by atoms with Gasteiger partial charge in [-0.2, -0.15) is 0 Å². The Hall–Kier alpha value is -1.68. The van der Waals surface area contributed by atoms with Crippen LogP contribution < -0.4 is 5.32 Å². The van der Waals surface area contributed by atoms with Gasteiger partial charge in [-0.3, -0.25) is 9.78 Å². The van der Waals surface area contributed by atoms with Crippen molar-refractivity contribution in [2.75, 3.05) is 0 Å². The van der Waals surface area contributed by atoms with Crippen LogP contribution in [0, 0.1) is 0 Å². The molecule has 0 saturated heterocycles. The monoisotopic (exact) mass is 272 g/mol. The lowest BCUT2D eigenvalue weighted by Gasteiger charge is -2.05. The van der Waals surface area contributed by atoms with E-state index in [4.69, 9.17) is 0 Å². The van der Waals surface area contributed by atoms with E-state index in [0.717, 1.165) is 10.4 Å². The van der Waals surface area contributed by atoms with Crippen LogP contribution in [-0.2, 0) is 17.8 Å². The molecule has 0 spiro atoms. The molecule has 0 atom stereocenters. The van der Waals surface area contributed by atoms with E-state index in [-0.39, 0.29) is 5.91 Å². The number of aromatic nitrogens is 1. The third-order valence-electron chi connectivity index (χ3n) is 3.25. The van der Waals surface area contributed by atoms with Gasteiger partial charge in [0, 0.05) is 29.2 Å². The molecule has 1 amide bonds. The van der Waals surface area contributed by atoms with Gasteiger partial charge in [-0.25, -0.2) is 0 Å². The van der Waals surface area contributed by atoms with Crippen molar-refractivity contribution in [3.63, 3.8) is 0 Å². The molecule has 4 heteroatoms. The molecule has 19 heavy (non-hydrogen) atoms. The molecule has 3 nitrogen and oxygen atoms in total. The molecule has 3 rings (SSSR count). The number of hydrogen-bond acceptors (Lipinski definition) is 3. The number of nitrogens with one attached hydrogen (secondary N) is 1. The molecule has 0 aromatic carbocycles. The normalized spacial score (nSPS) is 14.3. The summed E-state index contributed by atoms with van der Waals surface area (Å²) in [6.45, 7) is 0.558. The van der Waals surface area contributed by atoms with E-state index in [0.29, 0.717) is 18.9 Å². The summed E-state index contributed by atoms with van der Waals surface area (Å²) >= 11 is 1.61. The van der Waals surface area contributed by atoms with Gasteiger partial charge >= 0.3 is 0 Å². The predicted molar refractivity (Wildman–Crippen MR) is 76.1 cm³/mol. The van der Waals surface area contributed by atoms with Crippen LogP contribution in [0.3, 0.4) is 0 Å². The molecule has 0 unspecified atom stereocenters. The Bertz CT molecular complexity index is 544. The molecular weight excluding hydrogens is 256 g/mol. The van der Waals surface area contributed by atoms with Crippen molar-refractivity contribution < 1.29 is 4.79 Å². The standard InChI is InChI=1S/C15H16N2OS/c18-15(8-13-2-1-7-19-13)17-10-11-3-6-14(16-9-11)12-4-5-12/h1-3,6-7,9,12H,4-5,8,10H2,(H,17,18). The Morgan fingerprint density at radius 3 is 2.89 bits per heavy atom. The number of nitrogens with zero attached hydrogens (tertiary/aromatic N) is 1. The van der Waals surface area contributed by atoms with Gasteiger partial charge in [-0.05, 0) is 35.9 Å². The van der Waals surface area contributed by atoms with Gasteiger partial charge in [0.2, 0.25) is 5.91 Å². The van der Waals surface area contributed by atoms with Gasteiger partial charge in [0.05, 0.1) is 6.42 Å². The Morgan fingerprint density at radius 1 is 1.37 bits per heavy atom. The fraction of sp³-hybridized carbons (Fsp3) is 0.333. The first-order valence-corrected chi connectivity index (χ1v) is 7.43. The molecule has 0 radical (unpaired) electrons. The van der Waals surface area contributed by atoms with Crippen LogP contribution in [0.2, 0.25) is 0 Å². The van der Waals surface area contributed by atoms with Gasteiger partial charge in [-0.1, -0.05) is 12.1 Å². The minimum absolute atomic E-state index is 0.0636. The van der Waals surface area contributed by atoms with E-state index >= 15 is 0 Å². The molecule has 1 aliphatic carbocycles. The molecule has 1 fully saturated rings. The fourth-order valence-corrected chi connectivity index (χ4v) is 2.70. The van der Waals surface area contributed by atoms with E-state index in [1.165, 1.54) is 18.5 Å². The van der Waals surface area contributed by atoms with Crippen molar-refractivity contribution in [2.24, 2.45) is 0 Å². The summed E-state index contributed by atoms with van der Waals surface area (Å²) in [5.41, 5.74) is 2.25. The molecule has 0 aliphatic heterocycles. The molecule has 0 bridgehead atoms. The fourth-order valence-electron chi connectivity index (χ4n) is 2.00. The molecule has 1 N–H and O–H groups in total. The quantitative estimate of drug-likeness (QED) is 0.909. The van der Waals surface area contributed by atoms with Crippen molar-refractivity contribution in [1.82, 2.24) is 10.3 Å². The zero-order valence-electron chi connectivity index (χ0n) is 10.6. The average Bonchev–Trinajstić information content (AvgIpc) is 3.16. The highest BCUT2D eigenvalue weighted by molar-refractivity contribution is 7.10. The number of hydrogen-bond donors (Lipinski definition) is 1. The highest BCUT2D eigenvalue weighted by Crippen LogP contribution is 2.38. The van der Waals surface area contributed by atoms with E-state index in [9.17, 15) is 4.79 Å². The van der Waals surface area contributed by atoms with Crippen LogP contribution >= 0.6 is 11.3 Å². The van der Waals surface area contributed by atoms with E-state index < -0.39 is 0 Å². The van der Waals surface area contributed by atoms with Crippen LogP contribution in [0.5, 0.6) is 0 Å². The summed E-state index contributed by atoms with van der Waals surface area (Å²) < 4.78 is 0. The topological polar surface area (TPSA) is 42.0 Å². The molecule has 98 valence electrons. The number of rotatable bonds is 5. The lowest BCUT2D eigenvalue weighted by atomic mass is 10.2. The SMILES string of the molecule is O=C(Cc1cccs1)NCc1ccc(C2CC2)nc1. The predicted octanol–water partition coefficient (Wildman–Crippen LogP) is 2.88. The van der Waals surface area contributed by atoms with E-state index in [2.05, 4.69) is 22.4 Å². The molecule has 1 aliphatic rings. The first-order chi connectivity index (χ1) is 9.31. The van der Waals surface area contributed by atoms with Gasteiger partial charge in [-0.15, -0.1) is 11.3 Å². The Morgan fingerprint density at radius 2 is 2.26 bits per heavy atom. The van der Waals surface area contributed by atoms with Crippen molar-refractivity contribution in [3.05, 3.63) is 52.0 Å². The maximum atomic E-state index is 11.7. The number of thiophene rings is 1. The largest absolute Gasteiger partial charge is 0.352 e. The minimum Gasteiger partial charge on any atom is -0.352 e. The minimum atomic E-state index is 0.0636. The van der Waals surface area contributed by atoms with Crippen molar-refractivity contribution in [2.45, 2.75) is 31.7 Å². The molecule has 2 heterocycles. The third-order valence-corrected chi connectivity index (χ3v) is 4.12. The summed E-state index contributed by atoms with van der Waals surface area (Å²) in [6.07, 6.45) is 4.87. The van der Waals surface area contributed by atoms with Crippen molar-refractivity contribution in [3.8, 4) is 0 Å². The molecular formula is C15H16N2OS. The van der Waals surface area contributed by atoms with Gasteiger partial charge in [0.25, 0.3) is 0 Å². The number of carbonyl (C=O) groups excluding carboxylic acids is 1. The number of carbonyl (C=O) groups is 1. The summed E-state index contributed by atoms with van der Waals surface area (Å²) in [6, 6.07) is 8.09. The Kier molecular flexibility index (Phi) is 3.60. The van der Waals surface area contributed by atoms with E-state index in [1.54, 1.807) is 11.3 Å². The highest BCUT2D eigenvalue weighted by Gasteiger charge is 2.24. The van der Waals surface area contributed by atoms with Gasteiger partial charge in [0.15, 0.2) is 0 Å². The van der Waals surface area contributed by atoms with Crippen molar-refractivity contribution in [1.29, 1.82) is 0 Å². The average molecular weight is 272 g/mol. The van der Waals surface area contributed by atoms with Crippen LogP contribution in [-0.4, -0.2) is 10.9 Å². The van der Waals surface area contributed by atoms with E-state index in [1.807, 2.05) is 23.7 Å². The highest BCUT2D eigenvalue weighted by atomic mass is 32.1. The molecule has 2 aromatic heterocycles. The summed E-state index contributed by atoms with van der Waals surface area (Å²) in [4.78, 5) is 17.3. The molecule has 2 aromatic rings. The number of amides is 1. The second-order valence-corrected chi connectivity index (χ2v) is 5.93. The maximum Gasteiger partial charge on any atom is 0.225 e. The zero-order chi connectivity index (χ0) is 13.1. The first-order valence-electron chi connectivity index (χ1n) is 6.55. The van der Waals surface area contributed by atoms with Gasteiger partial charge in [0.1, 0.15) is 0 Å². The summed E-state index contributed by atoms with van der Waals surface area (Å²) in [7, 11) is 0. The summed E-state index contributed by atoms with van der Waals surface area (Å²) in [5, 5.41) is 4.92. The second-order valence-electron chi connectivity index (χ2n) is 4.90. The Balaban J connectivity index is 1.49. The van der Waals surface area contributed by atoms with Crippen molar-refractivity contribution >= 4 is 17.2 Å². The Labute approximate surface area is 116 Å². The second kappa shape index (κ2) is 5.53. The smallest absolute Gasteiger partial charge is 0.225 e. The number of pyridine rings is 1. The van der Waals surface area contributed by atoms with Crippen LogP contribution in [0.1, 0.15) is 34.9 Å². The van der Waals surface area contributed by atoms with Crippen LogP contribution in [0.4, 0.5) is 0 Å². The lowest BCUT2D eigenvalue weighted by molar-refractivity contribution is -0.120. The van der Waals surface area contributed by atoms with Crippen LogP contribution in [0.25, 0.3) is 0 Å². The van der Waals surface area contributed by atoms with Gasteiger partial charge < -0.3 is 5.32 Å². The lowest BCUT2D eigenvalue weighted by Crippen LogP contribution is -2.24. The molecule has 1 saturated carbocycles. The third kappa shape index (κ3) is 3.41. The first kappa shape index (κ1) is 12.4. The maximum absolute atomic E-state index is 11.7. The zero-order valence-corrected chi connectivity index (χ0v) is 11.5. The van der Waals surface area contributed by atoms with Crippen LogP contribution in [0.15, 0.2) is 35.8 Å².